The van der Waals surface area contributed by atoms with Crippen molar-refractivity contribution >= 4 is 17.4 Å². The summed E-state index contributed by atoms with van der Waals surface area (Å²) in [6.07, 6.45) is 4.87. The lowest BCUT2D eigenvalue weighted by molar-refractivity contribution is 0.641. The van der Waals surface area contributed by atoms with E-state index in [0.29, 0.717) is 5.88 Å². The quantitative estimate of drug-likeness (QED) is 0.669. The van der Waals surface area contributed by atoms with Crippen molar-refractivity contribution in [1.29, 1.82) is 0 Å². The molecule has 0 unspecified atom stereocenters. The maximum Gasteiger partial charge on any atom is 0.131 e. The van der Waals surface area contributed by atoms with E-state index in [1.54, 1.807) is 0 Å². The first kappa shape index (κ1) is 15.4. The van der Waals surface area contributed by atoms with Crippen LogP contribution in [0.2, 0.25) is 0 Å². The minimum absolute atomic E-state index is 0.545. The van der Waals surface area contributed by atoms with Crippen molar-refractivity contribution in [3.8, 4) is 0 Å². The van der Waals surface area contributed by atoms with Crippen molar-refractivity contribution in [2.75, 3.05) is 18.0 Å². The molecule has 0 amide bonds. The SMILES string of the molecule is CCCCN(CCCC)c1c(CCl)c(C)nn1C. The van der Waals surface area contributed by atoms with Crippen LogP contribution in [0.15, 0.2) is 0 Å². The van der Waals surface area contributed by atoms with Gasteiger partial charge in [-0.1, -0.05) is 26.7 Å². The Morgan fingerprint density at radius 3 is 2.17 bits per heavy atom. The number of aryl methyl sites for hydroxylation is 2. The van der Waals surface area contributed by atoms with Gasteiger partial charge in [0, 0.05) is 25.7 Å². The van der Waals surface area contributed by atoms with Gasteiger partial charge in [-0.15, -0.1) is 11.6 Å². The highest BCUT2D eigenvalue weighted by Gasteiger charge is 2.17. The van der Waals surface area contributed by atoms with Gasteiger partial charge < -0.3 is 4.90 Å². The number of aromatic nitrogens is 2. The highest BCUT2D eigenvalue weighted by atomic mass is 35.5. The van der Waals surface area contributed by atoms with Gasteiger partial charge in [0.15, 0.2) is 0 Å². The van der Waals surface area contributed by atoms with Gasteiger partial charge in [0.1, 0.15) is 5.82 Å². The van der Waals surface area contributed by atoms with Crippen LogP contribution in [-0.2, 0) is 12.9 Å². The second kappa shape index (κ2) is 7.67. The first-order valence-corrected chi connectivity index (χ1v) is 7.52. The molecule has 3 nitrogen and oxygen atoms in total. The molecule has 0 saturated heterocycles. The van der Waals surface area contributed by atoms with Crippen molar-refractivity contribution < 1.29 is 0 Å². The molecule has 0 fully saturated rings. The van der Waals surface area contributed by atoms with Crippen molar-refractivity contribution in [1.82, 2.24) is 9.78 Å². The van der Waals surface area contributed by atoms with Gasteiger partial charge in [0.25, 0.3) is 0 Å². The Kier molecular flexibility index (Phi) is 6.55. The summed E-state index contributed by atoms with van der Waals surface area (Å²) in [4.78, 5) is 2.45. The molecule has 0 aliphatic rings. The third-order valence-electron chi connectivity index (χ3n) is 3.31. The van der Waals surface area contributed by atoms with Crippen LogP contribution in [0.3, 0.4) is 0 Å². The van der Waals surface area contributed by atoms with E-state index in [1.807, 2.05) is 18.7 Å². The second-order valence-corrected chi connectivity index (χ2v) is 5.11. The smallest absolute Gasteiger partial charge is 0.131 e. The van der Waals surface area contributed by atoms with Crippen LogP contribution in [-0.4, -0.2) is 22.9 Å². The van der Waals surface area contributed by atoms with Gasteiger partial charge in [-0.3, -0.25) is 4.68 Å². The number of hydrogen-bond donors (Lipinski definition) is 0. The van der Waals surface area contributed by atoms with E-state index in [0.717, 1.165) is 18.8 Å². The molecule has 104 valence electrons. The lowest BCUT2D eigenvalue weighted by Gasteiger charge is -2.25. The zero-order valence-electron chi connectivity index (χ0n) is 12.2. The van der Waals surface area contributed by atoms with Crippen LogP contribution in [0.5, 0.6) is 0 Å². The Morgan fingerprint density at radius 1 is 1.17 bits per heavy atom. The molecule has 0 aromatic carbocycles. The van der Waals surface area contributed by atoms with Gasteiger partial charge >= 0.3 is 0 Å². The fraction of sp³-hybridized carbons (Fsp3) is 0.786. The molecule has 1 aromatic heterocycles. The molecule has 4 heteroatoms. The van der Waals surface area contributed by atoms with E-state index < -0.39 is 0 Å². The van der Waals surface area contributed by atoms with E-state index >= 15 is 0 Å². The average Bonchev–Trinajstić information content (AvgIpc) is 2.64. The van der Waals surface area contributed by atoms with Crippen LogP contribution in [0.4, 0.5) is 5.82 Å². The number of alkyl halides is 1. The molecule has 0 aliphatic heterocycles. The van der Waals surface area contributed by atoms with Crippen molar-refractivity contribution in [2.45, 2.75) is 52.3 Å². The van der Waals surface area contributed by atoms with E-state index in [2.05, 4.69) is 23.8 Å². The lowest BCUT2D eigenvalue weighted by Crippen LogP contribution is -2.28. The van der Waals surface area contributed by atoms with Crippen molar-refractivity contribution in [3.05, 3.63) is 11.3 Å². The third-order valence-corrected chi connectivity index (χ3v) is 3.58. The maximum absolute atomic E-state index is 6.08. The molecule has 18 heavy (non-hydrogen) atoms. The van der Waals surface area contributed by atoms with Gasteiger partial charge in [-0.05, 0) is 19.8 Å². The monoisotopic (exact) mass is 271 g/mol. The van der Waals surface area contributed by atoms with Crippen LogP contribution in [0.25, 0.3) is 0 Å². The summed E-state index contributed by atoms with van der Waals surface area (Å²) < 4.78 is 1.98. The number of anilines is 1. The Morgan fingerprint density at radius 2 is 1.72 bits per heavy atom. The van der Waals surface area contributed by atoms with E-state index in [9.17, 15) is 0 Å². The molecular formula is C14H26ClN3. The Bertz CT molecular complexity index is 352. The Labute approximate surface area is 116 Å². The molecular weight excluding hydrogens is 246 g/mol. The number of halogens is 1. The summed E-state index contributed by atoms with van der Waals surface area (Å²) in [6.45, 7) is 8.70. The van der Waals surface area contributed by atoms with Crippen LogP contribution in [0.1, 0.15) is 50.8 Å². The zero-order valence-corrected chi connectivity index (χ0v) is 12.9. The fourth-order valence-electron chi connectivity index (χ4n) is 2.26. The Balaban J connectivity index is 2.95. The first-order chi connectivity index (χ1) is 8.65. The summed E-state index contributed by atoms with van der Waals surface area (Å²) >= 11 is 6.08. The number of rotatable bonds is 8. The minimum atomic E-state index is 0.545. The average molecular weight is 272 g/mol. The topological polar surface area (TPSA) is 21.1 Å². The van der Waals surface area contributed by atoms with E-state index in [1.165, 1.54) is 37.1 Å². The van der Waals surface area contributed by atoms with Gasteiger partial charge in [-0.25, -0.2) is 0 Å². The molecule has 1 heterocycles. The Hall–Kier alpha value is -0.700. The van der Waals surface area contributed by atoms with Crippen LogP contribution < -0.4 is 4.90 Å². The zero-order chi connectivity index (χ0) is 13.5. The fourth-order valence-corrected chi connectivity index (χ4v) is 2.58. The molecule has 0 aliphatic carbocycles. The summed E-state index contributed by atoms with van der Waals surface area (Å²) in [7, 11) is 2.02. The van der Waals surface area contributed by atoms with Gasteiger partial charge in [0.05, 0.1) is 11.6 Å². The summed E-state index contributed by atoms with van der Waals surface area (Å²) in [5.41, 5.74) is 2.24. The standard InChI is InChI=1S/C14H26ClN3/c1-5-7-9-18(10-8-6-2)14-13(11-15)12(3)16-17(14)4/h5-11H2,1-4H3. The third kappa shape index (κ3) is 3.64. The van der Waals surface area contributed by atoms with Crippen LogP contribution in [0, 0.1) is 6.92 Å². The molecule has 0 N–H and O–H groups in total. The number of unbranched alkanes of at least 4 members (excludes halogenated alkanes) is 2. The second-order valence-electron chi connectivity index (χ2n) is 4.84. The maximum atomic E-state index is 6.08. The summed E-state index contributed by atoms with van der Waals surface area (Å²) in [5.74, 6) is 1.76. The molecule has 0 atom stereocenters. The van der Waals surface area contributed by atoms with Gasteiger partial charge in [0.2, 0.25) is 0 Å². The summed E-state index contributed by atoms with van der Waals surface area (Å²) in [6, 6.07) is 0. The van der Waals surface area contributed by atoms with E-state index in [4.69, 9.17) is 11.6 Å². The molecule has 0 radical (unpaired) electrons. The van der Waals surface area contributed by atoms with Gasteiger partial charge in [-0.2, -0.15) is 5.10 Å². The normalized spacial score (nSPS) is 10.9. The first-order valence-electron chi connectivity index (χ1n) is 6.99. The lowest BCUT2D eigenvalue weighted by atomic mass is 10.2. The minimum Gasteiger partial charge on any atom is -0.357 e. The van der Waals surface area contributed by atoms with Crippen LogP contribution >= 0.6 is 11.6 Å². The highest BCUT2D eigenvalue weighted by Crippen LogP contribution is 2.25. The largest absolute Gasteiger partial charge is 0.357 e. The highest BCUT2D eigenvalue weighted by molar-refractivity contribution is 6.17. The number of nitrogens with zero attached hydrogens (tertiary/aromatic N) is 3. The number of hydrogen-bond acceptors (Lipinski definition) is 2. The summed E-state index contributed by atoms with van der Waals surface area (Å²) in [5, 5.41) is 4.51. The van der Waals surface area contributed by atoms with Crippen molar-refractivity contribution in [2.24, 2.45) is 7.05 Å². The predicted molar refractivity (Wildman–Crippen MR) is 79.5 cm³/mol. The molecule has 1 aromatic rings. The molecule has 0 spiro atoms. The molecule has 0 bridgehead atoms. The molecule has 1 rings (SSSR count). The van der Waals surface area contributed by atoms with E-state index in [-0.39, 0.29) is 0 Å². The molecule has 0 saturated carbocycles. The van der Waals surface area contributed by atoms with Crippen molar-refractivity contribution in [3.63, 3.8) is 0 Å². The predicted octanol–water partition coefficient (Wildman–Crippen LogP) is 3.87.